The second-order valence-corrected chi connectivity index (χ2v) is 6.44. The van der Waals surface area contributed by atoms with Crippen LogP contribution in [0.25, 0.3) is 0 Å². The second kappa shape index (κ2) is 7.99. The lowest BCUT2D eigenvalue weighted by atomic mass is 10.1. The van der Waals surface area contributed by atoms with E-state index in [0.717, 1.165) is 31.7 Å². The molecular weight excluding hydrogens is 336 g/mol. The molecule has 0 unspecified atom stereocenters. The van der Waals surface area contributed by atoms with E-state index in [1.807, 2.05) is 13.8 Å². The van der Waals surface area contributed by atoms with Crippen molar-refractivity contribution in [3.8, 4) is 11.6 Å². The number of nitro benzene ring substituents is 1. The normalized spacial score (nSPS) is 15.1. The molecule has 2 heterocycles. The van der Waals surface area contributed by atoms with Gasteiger partial charge in [-0.25, -0.2) is 0 Å². The first-order valence-corrected chi connectivity index (χ1v) is 8.66. The summed E-state index contributed by atoms with van der Waals surface area (Å²) in [6.45, 7) is 5.51. The highest BCUT2D eigenvalue weighted by Crippen LogP contribution is 2.24. The molecule has 26 heavy (non-hydrogen) atoms. The topological polar surface area (TPSA) is 90.6 Å². The fourth-order valence-corrected chi connectivity index (χ4v) is 2.83. The van der Waals surface area contributed by atoms with E-state index in [9.17, 15) is 10.1 Å². The van der Waals surface area contributed by atoms with E-state index in [0.29, 0.717) is 11.6 Å². The van der Waals surface area contributed by atoms with Gasteiger partial charge < -0.3 is 14.4 Å². The molecule has 0 bridgehead atoms. The lowest BCUT2D eigenvalue weighted by Crippen LogP contribution is -2.38. The standard InChI is InChI=1S/C18H22N4O4/c1-13(2)25-18-12-19-11-17(20-18)21-9-7-16(8-10-21)26-15-5-3-14(4-6-15)22(23)24/h3-6,11-13,16H,7-10H2,1-2H3. The molecule has 0 amide bonds. The molecule has 0 N–H and O–H groups in total. The molecule has 0 radical (unpaired) electrons. The quantitative estimate of drug-likeness (QED) is 0.578. The van der Waals surface area contributed by atoms with Gasteiger partial charge in [0.15, 0.2) is 5.82 Å². The molecule has 138 valence electrons. The van der Waals surface area contributed by atoms with E-state index in [1.165, 1.54) is 12.1 Å². The van der Waals surface area contributed by atoms with Crippen LogP contribution in [0, 0.1) is 10.1 Å². The summed E-state index contributed by atoms with van der Waals surface area (Å²) in [5.74, 6) is 1.99. The van der Waals surface area contributed by atoms with Crippen molar-refractivity contribution < 1.29 is 14.4 Å². The maximum Gasteiger partial charge on any atom is 0.269 e. The smallest absolute Gasteiger partial charge is 0.269 e. The van der Waals surface area contributed by atoms with Crippen molar-refractivity contribution in [2.45, 2.75) is 38.9 Å². The Bertz CT molecular complexity index is 743. The van der Waals surface area contributed by atoms with Gasteiger partial charge >= 0.3 is 0 Å². The van der Waals surface area contributed by atoms with Crippen molar-refractivity contribution in [2.75, 3.05) is 18.0 Å². The average Bonchev–Trinajstić information content (AvgIpc) is 2.62. The first-order valence-electron chi connectivity index (χ1n) is 8.66. The van der Waals surface area contributed by atoms with Gasteiger partial charge in [0.1, 0.15) is 11.9 Å². The molecule has 0 spiro atoms. The Morgan fingerprint density at radius 1 is 1.19 bits per heavy atom. The van der Waals surface area contributed by atoms with Crippen molar-refractivity contribution in [2.24, 2.45) is 0 Å². The largest absolute Gasteiger partial charge is 0.490 e. The van der Waals surface area contributed by atoms with Crippen LogP contribution in [0.4, 0.5) is 11.5 Å². The summed E-state index contributed by atoms with van der Waals surface area (Å²) in [6, 6.07) is 6.20. The Kier molecular flexibility index (Phi) is 5.50. The van der Waals surface area contributed by atoms with Crippen LogP contribution in [0.5, 0.6) is 11.6 Å². The summed E-state index contributed by atoms with van der Waals surface area (Å²) in [7, 11) is 0. The van der Waals surface area contributed by atoms with Crippen molar-refractivity contribution in [1.29, 1.82) is 0 Å². The molecule has 0 aliphatic carbocycles. The van der Waals surface area contributed by atoms with Crippen LogP contribution >= 0.6 is 0 Å². The number of hydrogen-bond acceptors (Lipinski definition) is 7. The van der Waals surface area contributed by atoms with E-state index < -0.39 is 4.92 Å². The van der Waals surface area contributed by atoms with Crippen molar-refractivity contribution >= 4 is 11.5 Å². The molecule has 8 nitrogen and oxygen atoms in total. The highest BCUT2D eigenvalue weighted by Gasteiger charge is 2.22. The molecular formula is C18H22N4O4. The highest BCUT2D eigenvalue weighted by molar-refractivity contribution is 5.39. The van der Waals surface area contributed by atoms with Gasteiger partial charge in [0.05, 0.1) is 23.4 Å². The van der Waals surface area contributed by atoms with Crippen LogP contribution < -0.4 is 14.4 Å². The molecule has 1 aromatic heterocycles. The van der Waals surface area contributed by atoms with E-state index in [4.69, 9.17) is 9.47 Å². The molecule has 8 heteroatoms. The third kappa shape index (κ3) is 4.59. The van der Waals surface area contributed by atoms with Gasteiger partial charge in [0, 0.05) is 38.1 Å². The Hall–Kier alpha value is -2.90. The molecule has 1 fully saturated rings. The van der Waals surface area contributed by atoms with Gasteiger partial charge in [-0.15, -0.1) is 0 Å². The van der Waals surface area contributed by atoms with Crippen LogP contribution in [-0.2, 0) is 0 Å². The number of aromatic nitrogens is 2. The maximum absolute atomic E-state index is 10.7. The van der Waals surface area contributed by atoms with Crippen LogP contribution in [0.2, 0.25) is 0 Å². The number of ether oxygens (including phenoxy) is 2. The minimum Gasteiger partial charge on any atom is -0.490 e. The number of anilines is 1. The molecule has 3 rings (SSSR count). The zero-order valence-electron chi connectivity index (χ0n) is 14.9. The van der Waals surface area contributed by atoms with Crippen LogP contribution in [0.1, 0.15) is 26.7 Å². The summed E-state index contributed by atoms with van der Waals surface area (Å²) in [4.78, 5) is 21.2. The Morgan fingerprint density at radius 3 is 2.50 bits per heavy atom. The molecule has 1 aliphatic heterocycles. The molecule has 0 atom stereocenters. The van der Waals surface area contributed by atoms with Gasteiger partial charge in [-0.2, -0.15) is 4.98 Å². The lowest BCUT2D eigenvalue weighted by molar-refractivity contribution is -0.384. The van der Waals surface area contributed by atoms with Gasteiger partial charge in [-0.1, -0.05) is 0 Å². The first-order chi connectivity index (χ1) is 12.5. The summed E-state index contributed by atoms with van der Waals surface area (Å²) in [5.41, 5.74) is 0.0641. The Morgan fingerprint density at radius 2 is 1.88 bits per heavy atom. The number of rotatable bonds is 6. The minimum absolute atomic E-state index is 0.0559. The number of benzene rings is 1. The number of nitro groups is 1. The van der Waals surface area contributed by atoms with Crippen molar-refractivity contribution in [1.82, 2.24) is 9.97 Å². The third-order valence-electron chi connectivity index (χ3n) is 4.07. The van der Waals surface area contributed by atoms with Crippen LogP contribution in [0.15, 0.2) is 36.7 Å². The minimum atomic E-state index is -0.416. The maximum atomic E-state index is 10.7. The molecule has 0 saturated carbocycles. The van der Waals surface area contributed by atoms with Gasteiger partial charge in [0.2, 0.25) is 5.88 Å². The fourth-order valence-electron chi connectivity index (χ4n) is 2.83. The van der Waals surface area contributed by atoms with E-state index in [2.05, 4.69) is 14.9 Å². The number of hydrogen-bond donors (Lipinski definition) is 0. The molecule has 1 aliphatic rings. The van der Waals surface area contributed by atoms with Crippen molar-refractivity contribution in [3.63, 3.8) is 0 Å². The summed E-state index contributed by atoms with van der Waals surface area (Å²) in [5, 5.41) is 10.7. The molecule has 1 saturated heterocycles. The fraction of sp³-hybridized carbons (Fsp3) is 0.444. The Labute approximate surface area is 151 Å². The predicted molar refractivity (Wildman–Crippen MR) is 96.8 cm³/mol. The molecule has 2 aromatic rings. The average molecular weight is 358 g/mol. The van der Waals surface area contributed by atoms with E-state index in [-0.39, 0.29) is 17.9 Å². The molecule has 1 aromatic carbocycles. The highest BCUT2D eigenvalue weighted by atomic mass is 16.6. The summed E-state index contributed by atoms with van der Waals surface area (Å²) >= 11 is 0. The van der Waals surface area contributed by atoms with Gasteiger partial charge in [0.25, 0.3) is 5.69 Å². The van der Waals surface area contributed by atoms with E-state index >= 15 is 0 Å². The third-order valence-corrected chi connectivity index (χ3v) is 4.07. The summed E-state index contributed by atoms with van der Waals surface area (Å²) in [6.07, 6.45) is 5.18. The number of piperidine rings is 1. The van der Waals surface area contributed by atoms with Crippen molar-refractivity contribution in [3.05, 3.63) is 46.8 Å². The van der Waals surface area contributed by atoms with Gasteiger partial charge in [-0.05, 0) is 26.0 Å². The first kappa shape index (κ1) is 17.9. The number of nitrogens with zero attached hydrogens (tertiary/aromatic N) is 4. The zero-order valence-corrected chi connectivity index (χ0v) is 14.9. The van der Waals surface area contributed by atoms with Crippen LogP contribution in [0.3, 0.4) is 0 Å². The lowest BCUT2D eigenvalue weighted by Gasteiger charge is -2.32. The zero-order chi connectivity index (χ0) is 18.5. The second-order valence-electron chi connectivity index (χ2n) is 6.44. The number of non-ortho nitro benzene ring substituents is 1. The predicted octanol–water partition coefficient (Wildman–Crippen LogP) is 3.22. The Balaban J connectivity index is 1.55. The van der Waals surface area contributed by atoms with Crippen LogP contribution in [-0.4, -0.2) is 40.2 Å². The summed E-state index contributed by atoms with van der Waals surface area (Å²) < 4.78 is 11.5. The SMILES string of the molecule is CC(C)Oc1cncc(N2CCC(Oc3ccc([N+](=O)[O-])cc3)CC2)n1. The monoisotopic (exact) mass is 358 g/mol. The van der Waals surface area contributed by atoms with Gasteiger partial charge in [-0.3, -0.25) is 15.1 Å². The van der Waals surface area contributed by atoms with E-state index in [1.54, 1.807) is 24.5 Å².